The lowest BCUT2D eigenvalue weighted by atomic mass is 9.80. The molecule has 2 atom stereocenters. The molecule has 3 rings (SSSR count). The van der Waals surface area contributed by atoms with Gasteiger partial charge in [-0.2, -0.15) is 11.8 Å². The monoisotopic (exact) mass is 264 g/mol. The van der Waals surface area contributed by atoms with Crippen LogP contribution in [0.15, 0.2) is 24.3 Å². The van der Waals surface area contributed by atoms with Crippen molar-refractivity contribution in [3.8, 4) is 5.75 Å². The number of methoxy groups -OCH3 is 1. The zero-order chi connectivity index (χ0) is 12.6. The highest BCUT2D eigenvalue weighted by molar-refractivity contribution is 8.00. The van der Waals surface area contributed by atoms with E-state index in [1.165, 1.54) is 19.3 Å². The summed E-state index contributed by atoms with van der Waals surface area (Å²) in [5.74, 6) is 0.837. The summed E-state index contributed by atoms with van der Waals surface area (Å²) in [5.41, 5.74) is 0.384. The fourth-order valence-corrected chi connectivity index (χ4v) is 5.16. The second-order valence-corrected chi connectivity index (χ2v) is 7.09. The molecule has 18 heavy (non-hydrogen) atoms. The number of thioether (sulfide) groups is 1. The van der Waals surface area contributed by atoms with Gasteiger partial charge in [0.15, 0.2) is 0 Å². The number of hydrogen-bond acceptors (Lipinski definition) is 3. The normalized spacial score (nSPS) is 35.2. The van der Waals surface area contributed by atoms with Gasteiger partial charge in [0.25, 0.3) is 0 Å². The van der Waals surface area contributed by atoms with Gasteiger partial charge >= 0.3 is 0 Å². The van der Waals surface area contributed by atoms with Gasteiger partial charge in [-0.15, -0.1) is 0 Å². The van der Waals surface area contributed by atoms with E-state index < -0.39 is 5.60 Å². The van der Waals surface area contributed by atoms with Crippen molar-refractivity contribution >= 4 is 11.8 Å². The number of rotatable bonds is 2. The van der Waals surface area contributed by atoms with Crippen LogP contribution in [0.1, 0.15) is 37.7 Å². The standard InChI is InChI=1S/C15H20O2S/c1-17-12-5-2-4-11(8-12)15(16)9-13-6-3-7-14(10-15)18-13/h2,4-5,8,13-14,16H,3,6-7,9-10H2,1H3. The van der Waals surface area contributed by atoms with Crippen molar-refractivity contribution in [1.82, 2.24) is 0 Å². The van der Waals surface area contributed by atoms with Crippen molar-refractivity contribution in [3.63, 3.8) is 0 Å². The Labute approximate surface area is 113 Å². The molecule has 0 radical (unpaired) electrons. The Hall–Kier alpha value is -0.670. The molecule has 0 aromatic heterocycles. The van der Waals surface area contributed by atoms with Gasteiger partial charge in [-0.3, -0.25) is 0 Å². The fraction of sp³-hybridized carbons (Fsp3) is 0.600. The molecule has 0 saturated carbocycles. The maximum atomic E-state index is 11.0. The van der Waals surface area contributed by atoms with Gasteiger partial charge in [0.2, 0.25) is 0 Å². The number of fused-ring (bicyclic) bond motifs is 2. The van der Waals surface area contributed by atoms with E-state index >= 15 is 0 Å². The summed E-state index contributed by atoms with van der Waals surface area (Å²) in [5, 5.41) is 12.3. The number of hydrogen-bond donors (Lipinski definition) is 1. The molecule has 2 aliphatic rings. The largest absolute Gasteiger partial charge is 0.497 e. The molecule has 2 bridgehead atoms. The Morgan fingerprint density at radius 1 is 1.28 bits per heavy atom. The van der Waals surface area contributed by atoms with Gasteiger partial charge in [0.1, 0.15) is 5.75 Å². The minimum atomic E-state index is -0.643. The van der Waals surface area contributed by atoms with Crippen LogP contribution in [0, 0.1) is 0 Å². The molecule has 2 saturated heterocycles. The minimum absolute atomic E-state index is 0.633. The van der Waals surface area contributed by atoms with Crippen molar-refractivity contribution in [2.24, 2.45) is 0 Å². The van der Waals surface area contributed by atoms with Crippen LogP contribution in [0.2, 0.25) is 0 Å². The fourth-order valence-electron chi connectivity index (χ4n) is 3.27. The lowest BCUT2D eigenvalue weighted by molar-refractivity contribution is 0.00796. The maximum Gasteiger partial charge on any atom is 0.119 e. The second-order valence-electron chi connectivity index (χ2n) is 5.48. The van der Waals surface area contributed by atoms with Crippen LogP contribution in [-0.2, 0) is 5.60 Å². The topological polar surface area (TPSA) is 29.5 Å². The molecular formula is C15H20O2S. The number of ether oxygens (including phenoxy) is 1. The smallest absolute Gasteiger partial charge is 0.119 e. The molecule has 0 amide bonds. The molecule has 98 valence electrons. The molecule has 2 heterocycles. The molecule has 2 fully saturated rings. The summed E-state index contributed by atoms with van der Waals surface area (Å²) in [6.07, 6.45) is 5.63. The molecule has 0 spiro atoms. The Kier molecular flexibility index (Phi) is 3.29. The number of benzene rings is 1. The van der Waals surface area contributed by atoms with Crippen LogP contribution in [0.25, 0.3) is 0 Å². The zero-order valence-electron chi connectivity index (χ0n) is 10.8. The third-order valence-corrected chi connectivity index (χ3v) is 5.75. The van der Waals surface area contributed by atoms with Gasteiger partial charge in [-0.1, -0.05) is 18.6 Å². The molecule has 1 aromatic rings. The van der Waals surface area contributed by atoms with Crippen LogP contribution in [0.3, 0.4) is 0 Å². The van der Waals surface area contributed by atoms with Crippen LogP contribution in [0.5, 0.6) is 5.75 Å². The highest BCUT2D eigenvalue weighted by Crippen LogP contribution is 2.49. The summed E-state index contributed by atoms with van der Waals surface area (Å²) in [7, 11) is 1.68. The highest BCUT2D eigenvalue weighted by Gasteiger charge is 2.42. The van der Waals surface area contributed by atoms with Crippen LogP contribution >= 0.6 is 11.8 Å². The summed E-state index contributed by atoms with van der Waals surface area (Å²) in [4.78, 5) is 0. The highest BCUT2D eigenvalue weighted by atomic mass is 32.2. The predicted molar refractivity (Wildman–Crippen MR) is 75.1 cm³/mol. The van der Waals surface area contributed by atoms with Gasteiger partial charge in [0, 0.05) is 10.5 Å². The van der Waals surface area contributed by atoms with E-state index in [-0.39, 0.29) is 0 Å². The first-order valence-electron chi connectivity index (χ1n) is 6.72. The lowest BCUT2D eigenvalue weighted by Gasteiger charge is -2.44. The van der Waals surface area contributed by atoms with Crippen molar-refractivity contribution in [2.45, 2.75) is 48.2 Å². The van der Waals surface area contributed by atoms with E-state index in [0.717, 1.165) is 24.2 Å². The first kappa shape index (κ1) is 12.4. The van der Waals surface area contributed by atoms with Gasteiger partial charge < -0.3 is 9.84 Å². The van der Waals surface area contributed by atoms with Crippen molar-refractivity contribution in [2.75, 3.05) is 7.11 Å². The third kappa shape index (κ3) is 2.26. The van der Waals surface area contributed by atoms with E-state index in [0.29, 0.717) is 10.5 Å². The number of aliphatic hydroxyl groups is 1. The van der Waals surface area contributed by atoms with E-state index in [2.05, 4.69) is 11.8 Å². The molecule has 3 heteroatoms. The maximum absolute atomic E-state index is 11.0. The van der Waals surface area contributed by atoms with Crippen LogP contribution in [-0.4, -0.2) is 22.7 Å². The van der Waals surface area contributed by atoms with Crippen LogP contribution in [0.4, 0.5) is 0 Å². The van der Waals surface area contributed by atoms with Gasteiger partial charge in [-0.25, -0.2) is 0 Å². The molecule has 0 aliphatic carbocycles. The van der Waals surface area contributed by atoms with E-state index in [1.807, 2.05) is 24.3 Å². The zero-order valence-corrected chi connectivity index (χ0v) is 11.6. The van der Waals surface area contributed by atoms with Crippen molar-refractivity contribution in [3.05, 3.63) is 29.8 Å². The van der Waals surface area contributed by atoms with E-state index in [9.17, 15) is 5.11 Å². The van der Waals surface area contributed by atoms with Gasteiger partial charge in [-0.05, 0) is 43.4 Å². The first-order valence-corrected chi connectivity index (χ1v) is 7.66. The molecule has 2 aliphatic heterocycles. The molecular weight excluding hydrogens is 244 g/mol. The third-order valence-electron chi connectivity index (χ3n) is 4.17. The lowest BCUT2D eigenvalue weighted by Crippen LogP contribution is -2.40. The summed E-state index contributed by atoms with van der Waals surface area (Å²) < 4.78 is 5.27. The Morgan fingerprint density at radius 3 is 2.67 bits per heavy atom. The van der Waals surface area contributed by atoms with E-state index in [1.54, 1.807) is 7.11 Å². The average Bonchev–Trinajstić information content (AvgIpc) is 2.38. The summed E-state index contributed by atoms with van der Waals surface area (Å²) in [6, 6.07) is 7.94. The Morgan fingerprint density at radius 2 is 2.00 bits per heavy atom. The Bertz CT molecular complexity index is 420. The molecule has 2 unspecified atom stereocenters. The Balaban J connectivity index is 1.89. The van der Waals surface area contributed by atoms with Gasteiger partial charge in [0.05, 0.1) is 12.7 Å². The van der Waals surface area contributed by atoms with Crippen molar-refractivity contribution in [1.29, 1.82) is 0 Å². The molecule has 2 nitrogen and oxygen atoms in total. The van der Waals surface area contributed by atoms with Crippen molar-refractivity contribution < 1.29 is 9.84 Å². The van der Waals surface area contributed by atoms with Crippen LogP contribution < -0.4 is 4.74 Å². The quantitative estimate of drug-likeness (QED) is 0.888. The molecule has 1 aromatic carbocycles. The second kappa shape index (κ2) is 4.78. The molecule has 1 N–H and O–H groups in total. The first-order chi connectivity index (χ1) is 8.69. The minimum Gasteiger partial charge on any atom is -0.497 e. The summed E-state index contributed by atoms with van der Waals surface area (Å²) in [6.45, 7) is 0. The summed E-state index contributed by atoms with van der Waals surface area (Å²) >= 11 is 2.09. The van der Waals surface area contributed by atoms with E-state index in [4.69, 9.17) is 4.74 Å². The SMILES string of the molecule is COc1cccc(C2(O)CC3CCCC(C2)S3)c1. The predicted octanol–water partition coefficient (Wildman–Crippen LogP) is 3.33. The average molecular weight is 264 g/mol.